The molecule has 5 nitrogen and oxygen atoms in total. The number of amidine groups is 1. The molecule has 1 saturated heterocycles. The van der Waals surface area contributed by atoms with Gasteiger partial charge < -0.3 is 10.1 Å². The SMILES string of the molecule is COc1cc([C@]2(C)SC(=N[C@@H](C)c3ccc(CF)cc3)NC2=O)ccn1. The third-order valence-corrected chi connectivity index (χ3v) is 5.61. The number of thioether (sulfide) groups is 1. The van der Waals surface area contributed by atoms with E-state index in [-0.39, 0.29) is 11.9 Å². The molecule has 1 amide bonds. The third-order valence-electron chi connectivity index (χ3n) is 4.38. The molecule has 2 atom stereocenters. The first kappa shape index (κ1) is 18.4. The van der Waals surface area contributed by atoms with E-state index in [0.717, 1.165) is 11.1 Å². The molecule has 26 heavy (non-hydrogen) atoms. The summed E-state index contributed by atoms with van der Waals surface area (Å²) in [6, 6.07) is 10.6. The van der Waals surface area contributed by atoms with Crippen molar-refractivity contribution in [2.75, 3.05) is 7.11 Å². The van der Waals surface area contributed by atoms with Gasteiger partial charge in [-0.3, -0.25) is 9.79 Å². The van der Waals surface area contributed by atoms with Gasteiger partial charge in [-0.1, -0.05) is 36.0 Å². The summed E-state index contributed by atoms with van der Waals surface area (Å²) in [4.78, 5) is 21.3. The van der Waals surface area contributed by atoms with Crippen molar-refractivity contribution >= 4 is 22.8 Å². The molecule has 1 aromatic heterocycles. The van der Waals surface area contributed by atoms with E-state index in [1.165, 1.54) is 11.8 Å². The first-order valence-electron chi connectivity index (χ1n) is 8.20. The number of amides is 1. The number of pyridine rings is 1. The number of ether oxygens (including phenoxy) is 1. The van der Waals surface area contributed by atoms with Gasteiger partial charge in [0.1, 0.15) is 11.4 Å². The van der Waals surface area contributed by atoms with Gasteiger partial charge in [0.05, 0.1) is 13.2 Å². The summed E-state index contributed by atoms with van der Waals surface area (Å²) in [5, 5.41) is 3.42. The van der Waals surface area contributed by atoms with Gasteiger partial charge in [0, 0.05) is 12.3 Å². The van der Waals surface area contributed by atoms with Gasteiger partial charge >= 0.3 is 0 Å². The fourth-order valence-electron chi connectivity index (χ4n) is 2.68. The van der Waals surface area contributed by atoms with Gasteiger partial charge in [0.2, 0.25) is 11.8 Å². The van der Waals surface area contributed by atoms with E-state index in [1.54, 1.807) is 37.6 Å². The van der Waals surface area contributed by atoms with Crippen molar-refractivity contribution in [3.05, 3.63) is 59.3 Å². The fraction of sp³-hybridized carbons (Fsp3) is 0.316. The number of nitrogens with zero attached hydrogens (tertiary/aromatic N) is 2. The highest BCUT2D eigenvalue weighted by atomic mass is 32.2. The van der Waals surface area contributed by atoms with Crippen LogP contribution in [-0.4, -0.2) is 23.2 Å². The van der Waals surface area contributed by atoms with E-state index < -0.39 is 11.4 Å². The van der Waals surface area contributed by atoms with Crippen molar-refractivity contribution in [1.29, 1.82) is 0 Å². The van der Waals surface area contributed by atoms with Gasteiger partial charge in [0.15, 0.2) is 5.17 Å². The molecule has 1 N–H and O–H groups in total. The number of hydrogen-bond acceptors (Lipinski definition) is 5. The molecule has 0 spiro atoms. The summed E-state index contributed by atoms with van der Waals surface area (Å²) in [5.41, 5.74) is 2.40. The summed E-state index contributed by atoms with van der Waals surface area (Å²) in [6.07, 6.45) is 1.62. The zero-order valence-electron chi connectivity index (χ0n) is 14.8. The number of rotatable bonds is 5. The number of alkyl halides is 1. The fourth-order valence-corrected chi connectivity index (χ4v) is 3.81. The molecular formula is C19H20FN3O2S. The predicted molar refractivity (Wildman–Crippen MR) is 101 cm³/mol. The molecule has 0 bridgehead atoms. The Hall–Kier alpha value is -2.41. The Morgan fingerprint density at radius 1 is 1.35 bits per heavy atom. The van der Waals surface area contributed by atoms with E-state index in [2.05, 4.69) is 15.3 Å². The van der Waals surface area contributed by atoms with Crippen LogP contribution in [0.25, 0.3) is 0 Å². The summed E-state index contributed by atoms with van der Waals surface area (Å²) < 4.78 is 17.0. The van der Waals surface area contributed by atoms with Crippen LogP contribution >= 0.6 is 11.8 Å². The molecule has 0 radical (unpaired) electrons. The van der Waals surface area contributed by atoms with Crippen molar-refractivity contribution in [2.45, 2.75) is 31.3 Å². The average Bonchev–Trinajstić information content (AvgIpc) is 2.96. The molecule has 0 unspecified atom stereocenters. The highest BCUT2D eigenvalue weighted by Gasteiger charge is 2.44. The largest absolute Gasteiger partial charge is 0.481 e. The Balaban J connectivity index is 1.82. The molecule has 2 heterocycles. The van der Waals surface area contributed by atoms with E-state index >= 15 is 0 Å². The molecule has 1 aliphatic rings. The van der Waals surface area contributed by atoms with Crippen LogP contribution in [0.5, 0.6) is 5.88 Å². The van der Waals surface area contributed by atoms with E-state index in [0.29, 0.717) is 16.6 Å². The Bertz CT molecular complexity index is 841. The van der Waals surface area contributed by atoms with Crippen LogP contribution in [0, 0.1) is 0 Å². The van der Waals surface area contributed by atoms with Gasteiger partial charge in [-0.15, -0.1) is 0 Å². The molecule has 7 heteroatoms. The number of methoxy groups -OCH3 is 1. The minimum atomic E-state index is -0.799. The molecule has 0 saturated carbocycles. The smallest absolute Gasteiger partial charge is 0.246 e. The lowest BCUT2D eigenvalue weighted by atomic mass is 10.0. The summed E-state index contributed by atoms with van der Waals surface area (Å²) >= 11 is 1.37. The number of halogens is 1. The number of hydrogen-bond donors (Lipinski definition) is 1. The van der Waals surface area contributed by atoms with Crippen LogP contribution in [0.2, 0.25) is 0 Å². The molecule has 136 valence electrons. The molecule has 1 aliphatic heterocycles. The second-order valence-corrected chi connectivity index (χ2v) is 7.57. The Labute approximate surface area is 156 Å². The Morgan fingerprint density at radius 2 is 2.08 bits per heavy atom. The molecular weight excluding hydrogens is 353 g/mol. The predicted octanol–water partition coefficient (Wildman–Crippen LogP) is 3.76. The van der Waals surface area contributed by atoms with Crippen LogP contribution in [-0.2, 0) is 16.2 Å². The third kappa shape index (κ3) is 3.58. The number of carbonyl (C=O) groups is 1. The van der Waals surface area contributed by atoms with Crippen LogP contribution in [0.15, 0.2) is 47.6 Å². The lowest BCUT2D eigenvalue weighted by Gasteiger charge is -2.19. The lowest BCUT2D eigenvalue weighted by molar-refractivity contribution is -0.121. The zero-order chi connectivity index (χ0) is 18.7. The normalized spacial score (nSPS) is 22.3. The standard InChI is InChI=1S/C19H20FN3O2S/c1-12(14-6-4-13(11-20)5-7-14)22-18-23-17(24)19(2,26-18)15-8-9-21-16(10-15)25-3/h4-10,12H,11H2,1-3H3,(H,22,23,24)/t12-,19-/m0/s1. The van der Waals surface area contributed by atoms with Crippen LogP contribution in [0.1, 0.15) is 36.6 Å². The minimum absolute atomic E-state index is 0.130. The summed E-state index contributed by atoms with van der Waals surface area (Å²) in [5.74, 6) is 0.332. The van der Waals surface area contributed by atoms with Gasteiger partial charge in [0.25, 0.3) is 0 Å². The maximum absolute atomic E-state index is 12.6. The van der Waals surface area contributed by atoms with Crippen molar-refractivity contribution in [1.82, 2.24) is 10.3 Å². The molecule has 2 aromatic rings. The van der Waals surface area contributed by atoms with Gasteiger partial charge in [-0.05, 0) is 36.6 Å². The van der Waals surface area contributed by atoms with Gasteiger partial charge in [-0.25, -0.2) is 9.37 Å². The highest BCUT2D eigenvalue weighted by molar-refractivity contribution is 8.15. The van der Waals surface area contributed by atoms with E-state index in [1.807, 2.05) is 26.0 Å². The first-order chi connectivity index (χ1) is 12.5. The second-order valence-electron chi connectivity index (χ2n) is 6.16. The highest BCUT2D eigenvalue weighted by Crippen LogP contribution is 2.42. The molecule has 0 aliphatic carbocycles. The summed E-state index contributed by atoms with van der Waals surface area (Å²) in [6.45, 7) is 3.31. The van der Waals surface area contributed by atoms with Crippen molar-refractivity contribution in [2.24, 2.45) is 4.99 Å². The van der Waals surface area contributed by atoms with Crippen LogP contribution < -0.4 is 10.1 Å². The molecule has 3 rings (SSSR count). The van der Waals surface area contributed by atoms with Crippen LogP contribution in [0.3, 0.4) is 0 Å². The first-order valence-corrected chi connectivity index (χ1v) is 9.01. The Kier molecular flexibility index (Phi) is 5.27. The van der Waals surface area contributed by atoms with Gasteiger partial charge in [-0.2, -0.15) is 0 Å². The number of benzene rings is 1. The average molecular weight is 373 g/mol. The topological polar surface area (TPSA) is 63.6 Å². The zero-order valence-corrected chi connectivity index (χ0v) is 15.6. The minimum Gasteiger partial charge on any atom is -0.481 e. The van der Waals surface area contributed by atoms with E-state index in [4.69, 9.17) is 4.74 Å². The van der Waals surface area contributed by atoms with Crippen molar-refractivity contribution < 1.29 is 13.9 Å². The second kappa shape index (κ2) is 7.45. The summed E-state index contributed by atoms with van der Waals surface area (Å²) in [7, 11) is 1.54. The lowest BCUT2D eigenvalue weighted by Crippen LogP contribution is -2.31. The van der Waals surface area contributed by atoms with Crippen molar-refractivity contribution in [3.8, 4) is 5.88 Å². The maximum Gasteiger partial charge on any atom is 0.246 e. The monoisotopic (exact) mass is 373 g/mol. The van der Waals surface area contributed by atoms with E-state index in [9.17, 15) is 9.18 Å². The number of aliphatic imine (C=N–C) groups is 1. The maximum atomic E-state index is 12.6. The quantitative estimate of drug-likeness (QED) is 0.867. The number of carbonyl (C=O) groups excluding carboxylic acids is 1. The number of nitrogens with one attached hydrogen (secondary N) is 1. The molecule has 1 fully saturated rings. The Morgan fingerprint density at radius 3 is 2.73 bits per heavy atom. The number of aromatic nitrogens is 1. The van der Waals surface area contributed by atoms with Crippen molar-refractivity contribution in [3.63, 3.8) is 0 Å². The van der Waals surface area contributed by atoms with Crippen LogP contribution in [0.4, 0.5) is 4.39 Å². The molecule has 1 aromatic carbocycles.